The van der Waals surface area contributed by atoms with E-state index in [2.05, 4.69) is 12.2 Å². The van der Waals surface area contributed by atoms with Crippen molar-refractivity contribution in [2.75, 3.05) is 19.0 Å². The quantitative estimate of drug-likeness (QED) is 0.713. The van der Waals surface area contributed by atoms with Crippen LogP contribution in [-0.4, -0.2) is 19.6 Å². The fraction of sp³-hybridized carbons (Fsp3) is 0.417. The van der Waals surface area contributed by atoms with Gasteiger partial charge in [-0.25, -0.2) is 4.79 Å². The minimum absolute atomic E-state index is 0.268. The zero-order valence-electron chi connectivity index (χ0n) is 9.04. The van der Waals surface area contributed by atoms with Gasteiger partial charge in [0, 0.05) is 12.2 Å². The number of nitrogens with one attached hydrogen (secondary N) is 1. The number of esters is 1. The van der Waals surface area contributed by atoms with Crippen molar-refractivity contribution in [1.82, 2.24) is 0 Å². The van der Waals surface area contributed by atoms with E-state index in [1.54, 1.807) is 6.07 Å². The minimum Gasteiger partial charge on any atom is -0.465 e. The lowest BCUT2D eigenvalue weighted by molar-refractivity contribution is 0.0600. The summed E-state index contributed by atoms with van der Waals surface area (Å²) >= 11 is 0. The Morgan fingerprint density at radius 2 is 2.33 bits per heavy atom. The summed E-state index contributed by atoms with van der Waals surface area (Å²) in [5.41, 5.74) is 2.98. The van der Waals surface area contributed by atoms with Crippen LogP contribution in [0.5, 0.6) is 0 Å². The number of methoxy groups -OCH3 is 1. The average molecular weight is 205 g/mol. The van der Waals surface area contributed by atoms with Gasteiger partial charge in [-0.15, -0.1) is 0 Å². The SMILES string of the molecule is COC(=O)c1ccc2c(c1)CC(C)CN2. The first-order chi connectivity index (χ1) is 7.20. The number of carbonyl (C=O) groups is 1. The molecule has 1 atom stereocenters. The van der Waals surface area contributed by atoms with Crippen molar-refractivity contribution < 1.29 is 9.53 Å². The Kier molecular flexibility index (Phi) is 2.62. The van der Waals surface area contributed by atoms with Gasteiger partial charge in [-0.2, -0.15) is 0 Å². The molecule has 1 unspecified atom stereocenters. The molecule has 1 aromatic carbocycles. The first-order valence-corrected chi connectivity index (χ1v) is 5.16. The number of hydrogen-bond donors (Lipinski definition) is 1. The Morgan fingerprint density at radius 3 is 3.07 bits per heavy atom. The van der Waals surface area contributed by atoms with Crippen LogP contribution < -0.4 is 5.32 Å². The summed E-state index contributed by atoms with van der Waals surface area (Å²) in [6, 6.07) is 5.67. The van der Waals surface area contributed by atoms with Crippen molar-refractivity contribution in [3.05, 3.63) is 29.3 Å². The summed E-state index contributed by atoms with van der Waals surface area (Å²) in [6.45, 7) is 3.20. The number of rotatable bonds is 1. The van der Waals surface area contributed by atoms with Crippen LogP contribution in [0.2, 0.25) is 0 Å². The lowest BCUT2D eigenvalue weighted by Crippen LogP contribution is -2.21. The van der Waals surface area contributed by atoms with Crippen LogP contribution >= 0.6 is 0 Å². The van der Waals surface area contributed by atoms with E-state index in [1.165, 1.54) is 12.7 Å². The molecular formula is C12H15NO2. The molecule has 1 heterocycles. The van der Waals surface area contributed by atoms with Gasteiger partial charge in [-0.3, -0.25) is 0 Å². The summed E-state index contributed by atoms with van der Waals surface area (Å²) in [4.78, 5) is 11.3. The predicted molar refractivity (Wildman–Crippen MR) is 59.1 cm³/mol. The van der Waals surface area contributed by atoms with Crippen molar-refractivity contribution >= 4 is 11.7 Å². The van der Waals surface area contributed by atoms with Crippen LogP contribution in [0.25, 0.3) is 0 Å². The van der Waals surface area contributed by atoms with Crippen LogP contribution in [0.15, 0.2) is 18.2 Å². The molecule has 1 N–H and O–H groups in total. The van der Waals surface area contributed by atoms with Crippen LogP contribution in [0.3, 0.4) is 0 Å². The number of anilines is 1. The second kappa shape index (κ2) is 3.93. The molecular weight excluding hydrogens is 190 g/mol. The molecule has 1 aliphatic heterocycles. The summed E-state index contributed by atoms with van der Waals surface area (Å²) in [5, 5.41) is 3.34. The van der Waals surface area contributed by atoms with Gasteiger partial charge in [-0.1, -0.05) is 6.92 Å². The fourth-order valence-corrected chi connectivity index (χ4v) is 1.91. The zero-order chi connectivity index (χ0) is 10.8. The Morgan fingerprint density at radius 1 is 1.53 bits per heavy atom. The number of fused-ring (bicyclic) bond motifs is 1. The van der Waals surface area contributed by atoms with Crippen molar-refractivity contribution in [1.29, 1.82) is 0 Å². The molecule has 0 spiro atoms. The van der Waals surface area contributed by atoms with Crippen LogP contribution in [0.1, 0.15) is 22.8 Å². The largest absolute Gasteiger partial charge is 0.465 e. The lowest BCUT2D eigenvalue weighted by atomic mass is 9.94. The third-order valence-corrected chi connectivity index (χ3v) is 2.74. The van der Waals surface area contributed by atoms with Gasteiger partial charge in [0.1, 0.15) is 0 Å². The van der Waals surface area contributed by atoms with Crippen molar-refractivity contribution in [2.24, 2.45) is 5.92 Å². The maximum absolute atomic E-state index is 11.3. The van der Waals surface area contributed by atoms with E-state index in [1.807, 2.05) is 12.1 Å². The molecule has 0 bridgehead atoms. The van der Waals surface area contributed by atoms with Crippen molar-refractivity contribution in [3.8, 4) is 0 Å². The zero-order valence-corrected chi connectivity index (χ0v) is 9.04. The molecule has 1 aliphatic rings. The molecule has 3 heteroatoms. The number of carbonyl (C=O) groups excluding carboxylic acids is 1. The molecule has 80 valence electrons. The highest BCUT2D eigenvalue weighted by Crippen LogP contribution is 2.25. The molecule has 0 amide bonds. The van der Waals surface area contributed by atoms with Crippen LogP contribution in [0.4, 0.5) is 5.69 Å². The molecule has 0 aromatic heterocycles. The van der Waals surface area contributed by atoms with Gasteiger partial charge in [0.25, 0.3) is 0 Å². The fourth-order valence-electron chi connectivity index (χ4n) is 1.91. The van der Waals surface area contributed by atoms with E-state index >= 15 is 0 Å². The first-order valence-electron chi connectivity index (χ1n) is 5.16. The number of ether oxygens (including phenoxy) is 1. The normalized spacial score (nSPS) is 18.9. The summed E-state index contributed by atoms with van der Waals surface area (Å²) in [5.74, 6) is 0.349. The molecule has 0 saturated heterocycles. The maximum Gasteiger partial charge on any atom is 0.337 e. The molecule has 2 rings (SSSR count). The van der Waals surface area contributed by atoms with Crippen LogP contribution in [-0.2, 0) is 11.2 Å². The molecule has 15 heavy (non-hydrogen) atoms. The summed E-state index contributed by atoms with van der Waals surface area (Å²) < 4.78 is 4.69. The summed E-state index contributed by atoms with van der Waals surface area (Å²) in [6.07, 6.45) is 1.02. The molecule has 3 nitrogen and oxygen atoms in total. The van der Waals surface area contributed by atoms with E-state index in [0.717, 1.165) is 18.7 Å². The Bertz CT molecular complexity index is 387. The topological polar surface area (TPSA) is 38.3 Å². The standard InChI is InChI=1S/C12H15NO2/c1-8-5-10-6-9(12(14)15-2)3-4-11(10)13-7-8/h3-4,6,8,13H,5,7H2,1-2H3. The van der Waals surface area contributed by atoms with Crippen LogP contribution in [0, 0.1) is 5.92 Å². The average Bonchev–Trinajstić information content (AvgIpc) is 2.27. The van der Waals surface area contributed by atoms with E-state index in [-0.39, 0.29) is 5.97 Å². The molecule has 0 aliphatic carbocycles. The molecule has 0 saturated carbocycles. The van der Waals surface area contributed by atoms with E-state index in [9.17, 15) is 4.79 Å². The highest BCUT2D eigenvalue weighted by molar-refractivity contribution is 5.90. The second-order valence-corrected chi connectivity index (χ2v) is 4.05. The van der Waals surface area contributed by atoms with E-state index < -0.39 is 0 Å². The Balaban J connectivity index is 2.32. The van der Waals surface area contributed by atoms with E-state index in [4.69, 9.17) is 4.74 Å². The summed E-state index contributed by atoms with van der Waals surface area (Å²) in [7, 11) is 1.41. The molecule has 0 fully saturated rings. The van der Waals surface area contributed by atoms with Crippen molar-refractivity contribution in [3.63, 3.8) is 0 Å². The Labute approximate surface area is 89.4 Å². The smallest absolute Gasteiger partial charge is 0.337 e. The third-order valence-electron chi connectivity index (χ3n) is 2.74. The van der Waals surface area contributed by atoms with Gasteiger partial charge in [0.2, 0.25) is 0 Å². The second-order valence-electron chi connectivity index (χ2n) is 4.05. The highest BCUT2D eigenvalue weighted by Gasteiger charge is 2.16. The van der Waals surface area contributed by atoms with E-state index in [0.29, 0.717) is 11.5 Å². The predicted octanol–water partition coefficient (Wildman–Crippen LogP) is 2.08. The minimum atomic E-state index is -0.268. The highest BCUT2D eigenvalue weighted by atomic mass is 16.5. The molecule has 1 aromatic rings. The third kappa shape index (κ3) is 1.96. The lowest BCUT2D eigenvalue weighted by Gasteiger charge is -2.23. The Hall–Kier alpha value is -1.51. The first kappa shape index (κ1) is 10.0. The van der Waals surface area contributed by atoms with Gasteiger partial charge in [0.15, 0.2) is 0 Å². The number of hydrogen-bond acceptors (Lipinski definition) is 3. The van der Waals surface area contributed by atoms with Crippen molar-refractivity contribution in [2.45, 2.75) is 13.3 Å². The van der Waals surface area contributed by atoms with Gasteiger partial charge in [-0.05, 0) is 36.1 Å². The van der Waals surface area contributed by atoms with Gasteiger partial charge < -0.3 is 10.1 Å². The number of benzene rings is 1. The molecule has 0 radical (unpaired) electrons. The van der Waals surface area contributed by atoms with Gasteiger partial charge in [0.05, 0.1) is 12.7 Å². The maximum atomic E-state index is 11.3. The monoisotopic (exact) mass is 205 g/mol. The van der Waals surface area contributed by atoms with Gasteiger partial charge >= 0.3 is 5.97 Å².